The quantitative estimate of drug-likeness (QED) is 0.679. The molecule has 1 aliphatic rings. The van der Waals surface area contributed by atoms with Gasteiger partial charge in [0.1, 0.15) is 0 Å². The standard InChI is InChI=1S/C9H18O2S/c1-2-7-12(10,11)8-9-5-3-4-6-9/h9H,2-8H2,1H3. The summed E-state index contributed by atoms with van der Waals surface area (Å²) >= 11 is 0. The van der Waals surface area contributed by atoms with E-state index in [2.05, 4.69) is 0 Å². The van der Waals surface area contributed by atoms with Crippen molar-refractivity contribution in [1.29, 1.82) is 0 Å². The van der Waals surface area contributed by atoms with E-state index in [0.717, 1.165) is 19.3 Å². The topological polar surface area (TPSA) is 34.1 Å². The molecule has 3 heteroatoms. The van der Waals surface area contributed by atoms with Gasteiger partial charge in [-0.1, -0.05) is 19.8 Å². The molecule has 1 saturated carbocycles. The molecule has 0 N–H and O–H groups in total. The van der Waals surface area contributed by atoms with Crippen LogP contribution in [0.15, 0.2) is 0 Å². The van der Waals surface area contributed by atoms with Crippen LogP contribution < -0.4 is 0 Å². The fraction of sp³-hybridized carbons (Fsp3) is 1.00. The Bertz CT molecular complexity index is 213. The number of sulfone groups is 1. The van der Waals surface area contributed by atoms with Crippen molar-refractivity contribution in [3.63, 3.8) is 0 Å². The average Bonchev–Trinajstić information content (AvgIpc) is 2.38. The van der Waals surface area contributed by atoms with E-state index >= 15 is 0 Å². The Morgan fingerprint density at radius 2 is 1.83 bits per heavy atom. The lowest BCUT2D eigenvalue weighted by atomic mass is 10.1. The second-order valence-corrected chi connectivity index (χ2v) is 5.99. The van der Waals surface area contributed by atoms with Crippen LogP contribution in [0.2, 0.25) is 0 Å². The van der Waals surface area contributed by atoms with Crippen LogP contribution in [0.5, 0.6) is 0 Å². The van der Waals surface area contributed by atoms with E-state index < -0.39 is 9.84 Å². The highest BCUT2D eigenvalue weighted by molar-refractivity contribution is 7.91. The smallest absolute Gasteiger partial charge is 0.150 e. The van der Waals surface area contributed by atoms with E-state index in [4.69, 9.17) is 0 Å². The minimum absolute atomic E-state index is 0.378. The molecule has 0 amide bonds. The summed E-state index contributed by atoms with van der Waals surface area (Å²) in [4.78, 5) is 0. The zero-order valence-electron chi connectivity index (χ0n) is 7.75. The molecular weight excluding hydrogens is 172 g/mol. The van der Waals surface area contributed by atoms with Gasteiger partial charge in [-0.2, -0.15) is 0 Å². The summed E-state index contributed by atoms with van der Waals surface area (Å²) in [6.07, 6.45) is 5.47. The lowest BCUT2D eigenvalue weighted by Gasteiger charge is -2.08. The lowest BCUT2D eigenvalue weighted by molar-refractivity contribution is 0.558. The Morgan fingerprint density at radius 1 is 1.25 bits per heavy atom. The Hall–Kier alpha value is -0.0500. The highest BCUT2D eigenvalue weighted by Crippen LogP contribution is 2.26. The van der Waals surface area contributed by atoms with Crippen molar-refractivity contribution in [2.45, 2.75) is 39.0 Å². The van der Waals surface area contributed by atoms with Gasteiger partial charge in [0.25, 0.3) is 0 Å². The molecule has 0 atom stereocenters. The predicted octanol–water partition coefficient (Wildman–Crippen LogP) is 2.00. The molecule has 72 valence electrons. The number of rotatable bonds is 4. The largest absolute Gasteiger partial charge is 0.229 e. The normalized spacial score (nSPS) is 20.1. The molecule has 0 aromatic carbocycles. The van der Waals surface area contributed by atoms with Gasteiger partial charge in [0.2, 0.25) is 0 Å². The van der Waals surface area contributed by atoms with E-state index in [9.17, 15) is 8.42 Å². The van der Waals surface area contributed by atoms with Crippen molar-refractivity contribution in [2.24, 2.45) is 5.92 Å². The predicted molar refractivity (Wildman–Crippen MR) is 50.9 cm³/mol. The van der Waals surface area contributed by atoms with Crippen LogP contribution in [0.4, 0.5) is 0 Å². The Morgan fingerprint density at radius 3 is 2.33 bits per heavy atom. The highest BCUT2D eigenvalue weighted by atomic mass is 32.2. The van der Waals surface area contributed by atoms with Crippen LogP contribution in [0.25, 0.3) is 0 Å². The maximum absolute atomic E-state index is 11.4. The van der Waals surface area contributed by atoms with Crippen LogP contribution >= 0.6 is 0 Å². The maximum Gasteiger partial charge on any atom is 0.150 e. The van der Waals surface area contributed by atoms with E-state index in [1.54, 1.807) is 0 Å². The van der Waals surface area contributed by atoms with Crippen molar-refractivity contribution < 1.29 is 8.42 Å². The van der Waals surface area contributed by atoms with Gasteiger partial charge in [-0.05, 0) is 25.2 Å². The van der Waals surface area contributed by atoms with Gasteiger partial charge < -0.3 is 0 Å². The minimum Gasteiger partial charge on any atom is -0.229 e. The van der Waals surface area contributed by atoms with Gasteiger partial charge in [0.05, 0.1) is 5.75 Å². The summed E-state index contributed by atoms with van der Waals surface area (Å²) < 4.78 is 22.8. The fourth-order valence-electron chi connectivity index (χ4n) is 1.93. The molecule has 0 spiro atoms. The van der Waals surface area contributed by atoms with E-state index in [0.29, 0.717) is 17.4 Å². The monoisotopic (exact) mass is 190 g/mol. The molecule has 0 heterocycles. The summed E-state index contributed by atoms with van der Waals surface area (Å²) in [7, 11) is -2.72. The summed E-state index contributed by atoms with van der Waals surface area (Å²) in [5.41, 5.74) is 0. The molecule has 1 fully saturated rings. The zero-order valence-corrected chi connectivity index (χ0v) is 8.57. The van der Waals surface area contributed by atoms with E-state index in [-0.39, 0.29) is 0 Å². The van der Waals surface area contributed by atoms with Crippen molar-refractivity contribution in [1.82, 2.24) is 0 Å². The Labute approximate surface area is 75.3 Å². The van der Waals surface area contributed by atoms with Crippen LogP contribution in [0.1, 0.15) is 39.0 Å². The summed E-state index contributed by atoms with van der Waals surface area (Å²) in [6.45, 7) is 1.92. The molecule has 2 nitrogen and oxygen atoms in total. The summed E-state index contributed by atoms with van der Waals surface area (Å²) in [6, 6.07) is 0. The van der Waals surface area contributed by atoms with Gasteiger partial charge in [-0.25, -0.2) is 8.42 Å². The SMILES string of the molecule is CCCS(=O)(=O)CC1CCCC1. The summed E-state index contributed by atoms with van der Waals surface area (Å²) in [5.74, 6) is 1.30. The Balaban J connectivity index is 2.38. The molecular formula is C9H18O2S. The third-order valence-electron chi connectivity index (χ3n) is 2.48. The first kappa shape index (κ1) is 10.0. The first-order valence-electron chi connectivity index (χ1n) is 4.84. The van der Waals surface area contributed by atoms with Crippen molar-refractivity contribution in [3.8, 4) is 0 Å². The van der Waals surface area contributed by atoms with E-state index in [1.165, 1.54) is 12.8 Å². The van der Waals surface area contributed by atoms with E-state index in [1.807, 2.05) is 6.92 Å². The first-order chi connectivity index (χ1) is 5.64. The molecule has 0 saturated heterocycles. The molecule has 0 radical (unpaired) electrons. The third-order valence-corrected chi connectivity index (χ3v) is 4.49. The second-order valence-electron chi connectivity index (χ2n) is 3.76. The third kappa shape index (κ3) is 3.13. The summed E-state index contributed by atoms with van der Waals surface area (Å²) in [5, 5.41) is 0. The van der Waals surface area contributed by atoms with Gasteiger partial charge >= 0.3 is 0 Å². The highest BCUT2D eigenvalue weighted by Gasteiger charge is 2.21. The van der Waals surface area contributed by atoms with Crippen molar-refractivity contribution in [2.75, 3.05) is 11.5 Å². The van der Waals surface area contributed by atoms with Crippen LogP contribution in [0.3, 0.4) is 0 Å². The van der Waals surface area contributed by atoms with Gasteiger partial charge in [-0.15, -0.1) is 0 Å². The molecule has 1 aliphatic carbocycles. The molecule has 0 bridgehead atoms. The van der Waals surface area contributed by atoms with Crippen LogP contribution in [-0.4, -0.2) is 19.9 Å². The van der Waals surface area contributed by atoms with Gasteiger partial charge in [-0.3, -0.25) is 0 Å². The zero-order chi connectivity index (χ0) is 9.03. The van der Waals surface area contributed by atoms with Crippen molar-refractivity contribution in [3.05, 3.63) is 0 Å². The molecule has 1 rings (SSSR count). The van der Waals surface area contributed by atoms with Crippen LogP contribution in [0, 0.1) is 5.92 Å². The lowest BCUT2D eigenvalue weighted by Crippen LogP contribution is -2.16. The second kappa shape index (κ2) is 4.26. The fourth-order valence-corrected chi connectivity index (χ4v) is 3.77. The molecule has 12 heavy (non-hydrogen) atoms. The first-order valence-corrected chi connectivity index (χ1v) is 6.66. The molecule has 0 aromatic rings. The average molecular weight is 190 g/mol. The Kier molecular flexibility index (Phi) is 3.56. The molecule has 0 aliphatic heterocycles. The van der Waals surface area contributed by atoms with Gasteiger partial charge in [0, 0.05) is 5.75 Å². The van der Waals surface area contributed by atoms with Crippen LogP contribution in [-0.2, 0) is 9.84 Å². The van der Waals surface area contributed by atoms with Crippen molar-refractivity contribution >= 4 is 9.84 Å². The minimum atomic E-state index is -2.72. The number of hydrogen-bond donors (Lipinski definition) is 0. The van der Waals surface area contributed by atoms with Gasteiger partial charge in [0.15, 0.2) is 9.84 Å². The molecule has 0 unspecified atom stereocenters. The molecule has 0 aromatic heterocycles. The number of hydrogen-bond acceptors (Lipinski definition) is 2. The maximum atomic E-state index is 11.4.